The number of halogens is 1. The van der Waals surface area contributed by atoms with Gasteiger partial charge in [-0.05, 0) is 65.4 Å². The number of ether oxygens (including phenoxy) is 2. The molecule has 1 aliphatic rings. The molecule has 8 heteroatoms. The third-order valence-electron chi connectivity index (χ3n) is 8.04. The van der Waals surface area contributed by atoms with E-state index in [4.69, 9.17) is 9.47 Å². The van der Waals surface area contributed by atoms with E-state index in [0.717, 1.165) is 29.8 Å². The van der Waals surface area contributed by atoms with Crippen molar-refractivity contribution in [1.29, 1.82) is 0 Å². The number of fused-ring (bicyclic) bond motifs is 1. The van der Waals surface area contributed by atoms with Crippen LogP contribution in [0.15, 0.2) is 97.1 Å². The summed E-state index contributed by atoms with van der Waals surface area (Å²) in [5.41, 5.74) is 4.83. The van der Waals surface area contributed by atoms with Crippen LogP contribution in [-0.4, -0.2) is 50.6 Å². The number of nitrogens with one attached hydrogen (secondary N) is 1. The van der Waals surface area contributed by atoms with Crippen LogP contribution >= 0.6 is 0 Å². The number of methoxy groups -OCH3 is 2. The maximum Gasteiger partial charge on any atom is 0.247 e. The van der Waals surface area contributed by atoms with Gasteiger partial charge in [0.25, 0.3) is 0 Å². The fourth-order valence-corrected chi connectivity index (χ4v) is 5.70. The topological polar surface area (TPSA) is 71.1 Å². The molecule has 1 atom stereocenters. The van der Waals surface area contributed by atoms with E-state index in [1.54, 1.807) is 31.3 Å². The Kier molecular flexibility index (Phi) is 10.1. The van der Waals surface area contributed by atoms with Gasteiger partial charge < -0.3 is 24.6 Å². The summed E-state index contributed by atoms with van der Waals surface area (Å²) >= 11 is 0. The summed E-state index contributed by atoms with van der Waals surface area (Å²) in [6.07, 6.45) is 1.64. The minimum absolute atomic E-state index is 0.154. The molecule has 2 amide bonds. The van der Waals surface area contributed by atoms with Gasteiger partial charge in [0, 0.05) is 38.3 Å². The van der Waals surface area contributed by atoms with Crippen molar-refractivity contribution in [2.24, 2.45) is 0 Å². The number of rotatable bonds is 13. The molecule has 5 rings (SSSR count). The maximum absolute atomic E-state index is 14.1. The number of benzene rings is 4. The third-order valence-corrected chi connectivity index (χ3v) is 8.04. The highest BCUT2D eigenvalue weighted by atomic mass is 19.1. The predicted octanol–water partition coefficient (Wildman–Crippen LogP) is 5.72. The lowest BCUT2D eigenvalue weighted by Crippen LogP contribution is -2.45. The Morgan fingerprint density at radius 1 is 0.886 bits per heavy atom. The van der Waals surface area contributed by atoms with Crippen molar-refractivity contribution in [1.82, 2.24) is 10.2 Å². The molecule has 0 bridgehead atoms. The third kappa shape index (κ3) is 7.37. The molecule has 0 aromatic heterocycles. The lowest BCUT2D eigenvalue weighted by molar-refractivity contribution is -0.140. The summed E-state index contributed by atoms with van der Waals surface area (Å²) in [5.74, 6) is 0.311. The number of anilines is 1. The van der Waals surface area contributed by atoms with Gasteiger partial charge in [-0.15, -0.1) is 0 Å². The largest absolute Gasteiger partial charge is 0.493 e. The first-order valence-electron chi connectivity index (χ1n) is 14.9. The SMILES string of the molecule is COc1ccc(CCN(C(=O)CCN2CCc3ccccc32)[C@@H](C(=O)NCc2ccccc2)c2ccc(F)cc2)cc1OC. The first kappa shape index (κ1) is 30.6. The van der Waals surface area contributed by atoms with Gasteiger partial charge in [-0.3, -0.25) is 9.59 Å². The van der Waals surface area contributed by atoms with Gasteiger partial charge >= 0.3 is 0 Å². The van der Waals surface area contributed by atoms with Crippen molar-refractivity contribution in [3.05, 3.63) is 125 Å². The Hall–Kier alpha value is -4.85. The van der Waals surface area contributed by atoms with Crippen LogP contribution in [-0.2, 0) is 29.0 Å². The van der Waals surface area contributed by atoms with Gasteiger partial charge in [0.15, 0.2) is 11.5 Å². The summed E-state index contributed by atoms with van der Waals surface area (Å²) in [4.78, 5) is 31.9. The van der Waals surface area contributed by atoms with E-state index in [0.29, 0.717) is 36.6 Å². The molecule has 0 saturated carbocycles. The van der Waals surface area contributed by atoms with E-state index >= 15 is 0 Å². The van der Waals surface area contributed by atoms with Crippen molar-refractivity contribution in [2.45, 2.75) is 31.8 Å². The molecule has 1 aliphatic heterocycles. The fraction of sp³-hybridized carbons (Fsp3) is 0.278. The van der Waals surface area contributed by atoms with Crippen molar-refractivity contribution in [3.8, 4) is 11.5 Å². The second-order valence-electron chi connectivity index (χ2n) is 10.8. The van der Waals surface area contributed by atoms with Crippen molar-refractivity contribution < 1.29 is 23.5 Å². The number of hydrogen-bond acceptors (Lipinski definition) is 5. The summed E-state index contributed by atoms with van der Waals surface area (Å²) in [6.45, 7) is 1.95. The Labute approximate surface area is 258 Å². The van der Waals surface area contributed by atoms with Gasteiger partial charge in [0.05, 0.1) is 14.2 Å². The second kappa shape index (κ2) is 14.6. The number of amides is 2. The minimum Gasteiger partial charge on any atom is -0.493 e. The smallest absolute Gasteiger partial charge is 0.247 e. The summed E-state index contributed by atoms with van der Waals surface area (Å²) < 4.78 is 24.9. The maximum atomic E-state index is 14.1. The Morgan fingerprint density at radius 3 is 2.36 bits per heavy atom. The molecule has 44 heavy (non-hydrogen) atoms. The molecular formula is C36H38FN3O4. The molecule has 0 unspecified atom stereocenters. The number of nitrogens with zero attached hydrogens (tertiary/aromatic N) is 2. The van der Waals surface area contributed by atoms with Crippen LogP contribution in [0.1, 0.15) is 34.7 Å². The fourth-order valence-electron chi connectivity index (χ4n) is 5.70. The normalized spacial score (nSPS) is 12.8. The zero-order chi connectivity index (χ0) is 30.9. The van der Waals surface area contributed by atoms with Gasteiger partial charge in [-0.25, -0.2) is 4.39 Å². The first-order valence-corrected chi connectivity index (χ1v) is 14.9. The van der Waals surface area contributed by atoms with E-state index in [1.807, 2.05) is 60.7 Å². The number of carbonyl (C=O) groups is 2. The molecule has 0 aliphatic carbocycles. The molecule has 0 spiro atoms. The van der Waals surface area contributed by atoms with Gasteiger partial charge in [-0.1, -0.05) is 66.7 Å². The second-order valence-corrected chi connectivity index (χ2v) is 10.8. The van der Waals surface area contributed by atoms with E-state index in [9.17, 15) is 14.0 Å². The van der Waals surface area contributed by atoms with Crippen molar-refractivity contribution in [2.75, 3.05) is 38.8 Å². The molecule has 0 saturated heterocycles. The van der Waals surface area contributed by atoms with E-state index in [-0.39, 0.29) is 24.8 Å². The standard InChI is InChI=1S/C36H38FN3O4/c1-43-32-17-12-26(24-33(32)44-2)18-23-40(34(41)20-22-39-21-19-28-10-6-7-11-31(28)39)35(29-13-15-30(37)16-14-29)36(42)38-25-27-8-4-3-5-9-27/h3-17,24,35H,18-23,25H2,1-2H3,(H,38,42)/t35-/m1/s1. The molecule has 4 aromatic rings. The van der Waals surface area contributed by atoms with Gasteiger partial charge in [0.1, 0.15) is 11.9 Å². The molecule has 4 aromatic carbocycles. The molecule has 0 fully saturated rings. The highest BCUT2D eigenvalue weighted by molar-refractivity contribution is 5.89. The van der Waals surface area contributed by atoms with E-state index in [1.165, 1.54) is 17.7 Å². The average molecular weight is 596 g/mol. The van der Waals surface area contributed by atoms with Gasteiger partial charge in [0.2, 0.25) is 11.8 Å². The van der Waals surface area contributed by atoms with Gasteiger partial charge in [-0.2, -0.15) is 0 Å². The van der Waals surface area contributed by atoms with E-state index in [2.05, 4.69) is 22.3 Å². The molecule has 7 nitrogen and oxygen atoms in total. The Morgan fingerprint density at radius 2 is 1.61 bits per heavy atom. The number of para-hydroxylation sites is 1. The lowest BCUT2D eigenvalue weighted by Gasteiger charge is -2.32. The van der Waals surface area contributed by atoms with Crippen LogP contribution in [0.2, 0.25) is 0 Å². The molecule has 228 valence electrons. The van der Waals surface area contributed by atoms with Crippen LogP contribution in [0.25, 0.3) is 0 Å². The highest BCUT2D eigenvalue weighted by Gasteiger charge is 2.32. The van der Waals surface area contributed by atoms with Crippen LogP contribution in [0.4, 0.5) is 10.1 Å². The highest BCUT2D eigenvalue weighted by Crippen LogP contribution is 2.30. The van der Waals surface area contributed by atoms with Crippen LogP contribution in [0.5, 0.6) is 11.5 Å². The van der Waals surface area contributed by atoms with Crippen LogP contribution in [0, 0.1) is 5.82 Å². The molecule has 1 heterocycles. The summed E-state index contributed by atoms with van der Waals surface area (Å²) in [7, 11) is 3.16. The molecular weight excluding hydrogens is 557 g/mol. The lowest BCUT2D eigenvalue weighted by atomic mass is 10.0. The number of carbonyl (C=O) groups excluding carboxylic acids is 2. The average Bonchev–Trinajstić information content (AvgIpc) is 3.48. The number of hydrogen-bond donors (Lipinski definition) is 1. The van der Waals surface area contributed by atoms with E-state index < -0.39 is 11.9 Å². The van der Waals surface area contributed by atoms with Crippen LogP contribution < -0.4 is 19.7 Å². The van der Waals surface area contributed by atoms with Crippen molar-refractivity contribution >= 4 is 17.5 Å². The summed E-state index contributed by atoms with van der Waals surface area (Å²) in [5, 5.41) is 3.02. The zero-order valence-electron chi connectivity index (χ0n) is 25.2. The Balaban J connectivity index is 1.42. The van der Waals surface area contributed by atoms with Crippen LogP contribution in [0.3, 0.4) is 0 Å². The first-order chi connectivity index (χ1) is 21.5. The Bertz CT molecular complexity index is 1560. The predicted molar refractivity (Wildman–Crippen MR) is 169 cm³/mol. The minimum atomic E-state index is -0.946. The van der Waals surface area contributed by atoms with Crippen molar-refractivity contribution in [3.63, 3.8) is 0 Å². The molecule has 0 radical (unpaired) electrons. The monoisotopic (exact) mass is 595 g/mol. The molecule has 1 N–H and O–H groups in total. The summed E-state index contributed by atoms with van der Waals surface area (Å²) in [6, 6.07) is 28.3. The quantitative estimate of drug-likeness (QED) is 0.214. The zero-order valence-corrected chi connectivity index (χ0v) is 25.2.